The Labute approximate surface area is 329 Å². The van der Waals surface area contributed by atoms with E-state index < -0.39 is 6.10 Å². The first-order chi connectivity index (χ1) is 26.0. The van der Waals surface area contributed by atoms with E-state index in [1.54, 1.807) is 0 Å². The molecule has 0 saturated heterocycles. The molecule has 0 N–H and O–H groups in total. The molecule has 0 aromatic rings. The van der Waals surface area contributed by atoms with Gasteiger partial charge in [-0.05, 0) is 44.9 Å². The second-order valence-corrected chi connectivity index (χ2v) is 15.7. The molecule has 6 nitrogen and oxygen atoms in total. The topological polar surface area (TPSA) is 78.9 Å². The van der Waals surface area contributed by atoms with Crippen LogP contribution in [0.3, 0.4) is 0 Å². The second-order valence-electron chi connectivity index (χ2n) is 15.7. The summed E-state index contributed by atoms with van der Waals surface area (Å²) in [6.45, 7) is 6.61. The minimum absolute atomic E-state index is 0.0682. The van der Waals surface area contributed by atoms with Gasteiger partial charge in [0.1, 0.15) is 13.2 Å². The third kappa shape index (κ3) is 41.2. The molecule has 0 radical (unpaired) electrons. The summed E-state index contributed by atoms with van der Waals surface area (Å²) in [5.74, 6) is -0.870. The van der Waals surface area contributed by atoms with Gasteiger partial charge in [-0.15, -0.1) is 0 Å². The maximum absolute atomic E-state index is 12.7. The van der Waals surface area contributed by atoms with Crippen molar-refractivity contribution in [2.24, 2.45) is 0 Å². The van der Waals surface area contributed by atoms with E-state index in [1.165, 1.54) is 148 Å². The minimum Gasteiger partial charge on any atom is -0.462 e. The molecule has 6 heteroatoms. The van der Waals surface area contributed by atoms with Crippen LogP contribution in [0.1, 0.15) is 252 Å². The summed E-state index contributed by atoms with van der Waals surface area (Å²) in [5.41, 5.74) is 0. The van der Waals surface area contributed by atoms with Crippen molar-refractivity contribution in [1.82, 2.24) is 0 Å². The Morgan fingerprint density at radius 2 is 0.623 bits per heavy atom. The molecule has 1 unspecified atom stereocenters. The first kappa shape index (κ1) is 51.1. The highest BCUT2D eigenvalue weighted by Gasteiger charge is 2.19. The highest BCUT2D eigenvalue weighted by Crippen LogP contribution is 2.15. The lowest BCUT2D eigenvalue weighted by atomic mass is 10.0. The van der Waals surface area contributed by atoms with E-state index in [4.69, 9.17) is 14.2 Å². The normalized spacial score (nSPS) is 12.0. The van der Waals surface area contributed by atoms with Crippen LogP contribution in [0.4, 0.5) is 0 Å². The van der Waals surface area contributed by atoms with Crippen LogP contribution in [-0.4, -0.2) is 37.2 Å². The summed E-state index contributed by atoms with van der Waals surface area (Å²) in [4.78, 5) is 37.7. The molecule has 312 valence electrons. The number of hydrogen-bond acceptors (Lipinski definition) is 6. The Bertz CT molecular complexity index is 824. The highest BCUT2D eigenvalue weighted by atomic mass is 16.6. The summed E-state index contributed by atoms with van der Waals surface area (Å²) in [5, 5.41) is 0. The van der Waals surface area contributed by atoms with Crippen LogP contribution in [0.5, 0.6) is 0 Å². The molecule has 0 aromatic heterocycles. The number of carbonyl (C=O) groups is 3. The molecule has 0 bridgehead atoms. The lowest BCUT2D eigenvalue weighted by Crippen LogP contribution is -2.30. The van der Waals surface area contributed by atoms with Crippen molar-refractivity contribution in [3.63, 3.8) is 0 Å². The lowest BCUT2D eigenvalue weighted by Gasteiger charge is -2.18. The Morgan fingerprint density at radius 1 is 0.358 bits per heavy atom. The zero-order chi connectivity index (χ0) is 38.7. The SMILES string of the molecule is CCCCCC/C=C\CCCCCCCC(=O)OCC(COC(=O)CCCCCCCCCCCC)OC(=O)CCCCCCCCCCCCCC. The molecule has 0 heterocycles. The largest absolute Gasteiger partial charge is 0.462 e. The van der Waals surface area contributed by atoms with E-state index in [-0.39, 0.29) is 31.1 Å². The van der Waals surface area contributed by atoms with Crippen LogP contribution in [0.25, 0.3) is 0 Å². The van der Waals surface area contributed by atoms with Crippen molar-refractivity contribution in [1.29, 1.82) is 0 Å². The van der Waals surface area contributed by atoms with Crippen molar-refractivity contribution in [2.75, 3.05) is 13.2 Å². The van der Waals surface area contributed by atoms with Crippen molar-refractivity contribution in [3.05, 3.63) is 12.2 Å². The fraction of sp³-hybridized carbons (Fsp3) is 0.894. The molecule has 0 fully saturated rings. The van der Waals surface area contributed by atoms with Crippen LogP contribution in [0.2, 0.25) is 0 Å². The number of ether oxygens (including phenoxy) is 3. The summed E-state index contributed by atoms with van der Waals surface area (Å²) in [6, 6.07) is 0. The molecule has 0 rings (SSSR count). The molecule has 0 aliphatic carbocycles. The predicted molar refractivity (Wildman–Crippen MR) is 224 cm³/mol. The van der Waals surface area contributed by atoms with Crippen molar-refractivity contribution >= 4 is 17.9 Å². The van der Waals surface area contributed by atoms with Gasteiger partial charge in [0.25, 0.3) is 0 Å². The van der Waals surface area contributed by atoms with Crippen LogP contribution >= 0.6 is 0 Å². The van der Waals surface area contributed by atoms with Gasteiger partial charge < -0.3 is 14.2 Å². The number of hydrogen-bond donors (Lipinski definition) is 0. The van der Waals surface area contributed by atoms with Crippen LogP contribution < -0.4 is 0 Å². The number of unbranched alkanes of at least 4 members (excludes halogenated alkanes) is 29. The van der Waals surface area contributed by atoms with Gasteiger partial charge in [0.05, 0.1) is 0 Å². The predicted octanol–water partition coefficient (Wildman–Crippen LogP) is 14.6. The smallest absolute Gasteiger partial charge is 0.306 e. The lowest BCUT2D eigenvalue weighted by molar-refractivity contribution is -0.167. The fourth-order valence-electron chi connectivity index (χ4n) is 6.73. The second kappa shape index (κ2) is 42.9. The maximum Gasteiger partial charge on any atom is 0.306 e. The average Bonchev–Trinajstić information content (AvgIpc) is 3.15. The van der Waals surface area contributed by atoms with Gasteiger partial charge in [-0.1, -0.05) is 200 Å². The highest BCUT2D eigenvalue weighted by molar-refractivity contribution is 5.71. The molecular formula is C47H88O6. The average molecular weight is 749 g/mol. The summed E-state index contributed by atoms with van der Waals surface area (Å²) < 4.78 is 16.7. The number of esters is 3. The van der Waals surface area contributed by atoms with Crippen molar-refractivity contribution < 1.29 is 28.6 Å². The number of carbonyl (C=O) groups excluding carboxylic acids is 3. The van der Waals surface area contributed by atoms with Gasteiger partial charge in [0.15, 0.2) is 6.10 Å². The van der Waals surface area contributed by atoms with Gasteiger partial charge in [-0.2, -0.15) is 0 Å². The van der Waals surface area contributed by atoms with E-state index in [9.17, 15) is 14.4 Å². The standard InChI is InChI=1S/C47H88O6/c1-4-7-10-13-16-19-22-24-26-28-31-34-37-40-46(49)52-43-44(42-51-45(48)39-36-33-30-27-21-18-15-12-9-6-3)53-47(50)41-38-35-32-29-25-23-20-17-14-11-8-5-2/h19,22,44H,4-18,20-21,23-43H2,1-3H3/b22-19-. The molecule has 0 amide bonds. The van der Waals surface area contributed by atoms with Gasteiger partial charge in [-0.3, -0.25) is 14.4 Å². The van der Waals surface area contributed by atoms with Crippen LogP contribution in [-0.2, 0) is 28.6 Å². The van der Waals surface area contributed by atoms with Gasteiger partial charge in [0, 0.05) is 19.3 Å². The fourth-order valence-corrected chi connectivity index (χ4v) is 6.73. The quantitative estimate of drug-likeness (QED) is 0.0268. The van der Waals surface area contributed by atoms with E-state index in [0.29, 0.717) is 19.3 Å². The Kier molecular flexibility index (Phi) is 41.4. The molecule has 0 aliphatic heterocycles. The molecule has 0 spiro atoms. The van der Waals surface area contributed by atoms with Gasteiger partial charge in [0.2, 0.25) is 0 Å². The Morgan fingerprint density at radius 3 is 0.962 bits per heavy atom. The van der Waals surface area contributed by atoms with E-state index >= 15 is 0 Å². The summed E-state index contributed by atoms with van der Waals surface area (Å²) in [7, 11) is 0. The third-order valence-electron chi connectivity index (χ3n) is 10.3. The first-order valence-corrected chi connectivity index (χ1v) is 23.2. The van der Waals surface area contributed by atoms with Gasteiger partial charge >= 0.3 is 17.9 Å². The van der Waals surface area contributed by atoms with Crippen molar-refractivity contribution in [2.45, 2.75) is 258 Å². The summed E-state index contributed by atoms with van der Waals surface area (Å²) >= 11 is 0. The molecule has 53 heavy (non-hydrogen) atoms. The number of allylic oxidation sites excluding steroid dienone is 2. The van der Waals surface area contributed by atoms with Crippen LogP contribution in [0, 0.1) is 0 Å². The Balaban J connectivity index is 4.34. The van der Waals surface area contributed by atoms with E-state index in [1.807, 2.05) is 0 Å². The number of rotatable bonds is 42. The summed E-state index contributed by atoms with van der Waals surface area (Å²) in [6.07, 6.45) is 44.7. The van der Waals surface area contributed by atoms with Gasteiger partial charge in [-0.25, -0.2) is 0 Å². The maximum atomic E-state index is 12.7. The molecule has 0 aliphatic rings. The Hall–Kier alpha value is -1.85. The van der Waals surface area contributed by atoms with Crippen molar-refractivity contribution in [3.8, 4) is 0 Å². The molecule has 0 saturated carbocycles. The zero-order valence-corrected chi connectivity index (χ0v) is 35.6. The molecule has 0 aromatic carbocycles. The monoisotopic (exact) mass is 749 g/mol. The van der Waals surface area contributed by atoms with E-state index in [2.05, 4.69) is 32.9 Å². The molecule has 1 atom stereocenters. The molecular weight excluding hydrogens is 661 g/mol. The van der Waals surface area contributed by atoms with Crippen LogP contribution in [0.15, 0.2) is 12.2 Å². The van der Waals surface area contributed by atoms with E-state index in [0.717, 1.165) is 64.2 Å². The first-order valence-electron chi connectivity index (χ1n) is 23.2. The third-order valence-corrected chi connectivity index (χ3v) is 10.3. The zero-order valence-electron chi connectivity index (χ0n) is 35.6. The minimum atomic E-state index is -0.764.